The minimum absolute atomic E-state index is 0.00782. The molecule has 2 N–H and O–H groups in total. The molecule has 0 bridgehead atoms. The van der Waals surface area contributed by atoms with Crippen LogP contribution in [0.1, 0.15) is 62.3 Å². The van der Waals surface area contributed by atoms with E-state index in [1.807, 2.05) is 27.7 Å². The molecule has 6 nitrogen and oxygen atoms in total. The zero-order valence-corrected chi connectivity index (χ0v) is 13.5. The first-order valence-electron chi connectivity index (χ1n) is 7.32. The summed E-state index contributed by atoms with van der Waals surface area (Å²) < 4.78 is 0. The van der Waals surface area contributed by atoms with Crippen molar-refractivity contribution in [1.29, 1.82) is 0 Å². The average molecular weight is 303 g/mol. The Morgan fingerprint density at radius 1 is 1.27 bits per heavy atom. The van der Waals surface area contributed by atoms with E-state index in [2.05, 4.69) is 15.3 Å². The maximum Gasteiger partial charge on any atom is 0.338 e. The van der Waals surface area contributed by atoms with Crippen LogP contribution < -0.4 is 5.32 Å². The molecule has 1 unspecified atom stereocenters. The van der Waals surface area contributed by atoms with Crippen LogP contribution in [0.15, 0.2) is 17.1 Å². The van der Waals surface area contributed by atoms with Crippen molar-refractivity contribution in [2.24, 2.45) is 10.9 Å². The zero-order valence-electron chi connectivity index (χ0n) is 13.5. The summed E-state index contributed by atoms with van der Waals surface area (Å²) in [5.41, 5.74) is 0.114. The van der Waals surface area contributed by atoms with Gasteiger partial charge in [-0.25, -0.2) is 14.8 Å². The number of hydrogen-bond donors (Lipinski definition) is 2. The third-order valence-corrected chi connectivity index (χ3v) is 4.12. The van der Waals surface area contributed by atoms with Crippen LogP contribution in [0.5, 0.6) is 0 Å². The topological polar surface area (TPSA) is 91.6 Å². The predicted molar refractivity (Wildman–Crippen MR) is 83.2 cm³/mol. The van der Waals surface area contributed by atoms with E-state index in [1.54, 1.807) is 13.0 Å². The maximum atomic E-state index is 12.2. The summed E-state index contributed by atoms with van der Waals surface area (Å²) in [7, 11) is 0. The largest absolute Gasteiger partial charge is 0.478 e. The Balaban J connectivity index is 2.59. The number of amides is 1. The summed E-state index contributed by atoms with van der Waals surface area (Å²) in [5.74, 6) is -0.943. The molecule has 1 aliphatic heterocycles. The number of hydrogen-bond acceptors (Lipinski definition) is 4. The van der Waals surface area contributed by atoms with Crippen molar-refractivity contribution in [3.05, 3.63) is 29.1 Å². The molecule has 1 amide bonds. The Kier molecular flexibility index (Phi) is 4.04. The van der Waals surface area contributed by atoms with Gasteiger partial charge in [0.05, 0.1) is 5.56 Å². The van der Waals surface area contributed by atoms with Crippen molar-refractivity contribution in [2.45, 2.75) is 46.1 Å². The number of carboxylic acid groups (broad SMARTS) is 1. The van der Waals surface area contributed by atoms with Gasteiger partial charge in [0, 0.05) is 5.69 Å². The molecule has 118 valence electrons. The van der Waals surface area contributed by atoms with Gasteiger partial charge in [0.1, 0.15) is 11.2 Å². The number of nitrogens with zero attached hydrogens (tertiary/aromatic N) is 2. The van der Waals surface area contributed by atoms with Gasteiger partial charge in [0.15, 0.2) is 5.84 Å². The summed E-state index contributed by atoms with van der Waals surface area (Å²) in [6.07, 6.45) is 0. The van der Waals surface area contributed by atoms with Crippen LogP contribution in [0.4, 0.5) is 0 Å². The van der Waals surface area contributed by atoms with Gasteiger partial charge < -0.3 is 10.4 Å². The van der Waals surface area contributed by atoms with Crippen LogP contribution in [0.2, 0.25) is 0 Å². The Morgan fingerprint density at radius 2 is 1.91 bits per heavy atom. The van der Waals surface area contributed by atoms with E-state index in [-0.39, 0.29) is 34.8 Å². The molecule has 0 aromatic carbocycles. The number of carboxylic acids is 1. The standard InChI is InChI=1S/C16H21N3O3/c1-8(2)11-7-6-10(14(20)21)12(17-11)13-18-15(22)16(5,19-13)9(3)4/h6-9H,1-5H3,(H,20,21)(H,18,19,22). The third-order valence-electron chi connectivity index (χ3n) is 4.12. The van der Waals surface area contributed by atoms with Crippen molar-refractivity contribution < 1.29 is 14.7 Å². The molecule has 1 atom stereocenters. The molecule has 6 heteroatoms. The molecule has 0 spiro atoms. The quantitative estimate of drug-likeness (QED) is 0.892. The lowest BCUT2D eigenvalue weighted by atomic mass is 9.89. The van der Waals surface area contributed by atoms with Gasteiger partial charge in [-0.05, 0) is 30.9 Å². The molecule has 0 radical (unpaired) electrons. The van der Waals surface area contributed by atoms with E-state index < -0.39 is 11.5 Å². The molecule has 0 aliphatic carbocycles. The lowest BCUT2D eigenvalue weighted by Crippen LogP contribution is -2.41. The maximum absolute atomic E-state index is 12.2. The van der Waals surface area contributed by atoms with Gasteiger partial charge >= 0.3 is 5.97 Å². The van der Waals surface area contributed by atoms with Gasteiger partial charge in [-0.2, -0.15) is 0 Å². The Bertz CT molecular complexity index is 665. The van der Waals surface area contributed by atoms with E-state index in [0.717, 1.165) is 5.69 Å². The number of carbonyl (C=O) groups excluding carboxylic acids is 1. The van der Waals surface area contributed by atoms with E-state index in [0.29, 0.717) is 0 Å². The second-order valence-corrected chi connectivity index (χ2v) is 6.31. The fraction of sp³-hybridized carbons (Fsp3) is 0.500. The van der Waals surface area contributed by atoms with Crippen molar-refractivity contribution in [3.63, 3.8) is 0 Å². The SMILES string of the molecule is CC(C)c1ccc(C(=O)O)c(C2=NC(C)(C(C)C)C(=O)N2)n1. The van der Waals surface area contributed by atoms with Crippen molar-refractivity contribution in [2.75, 3.05) is 0 Å². The van der Waals surface area contributed by atoms with Crippen LogP contribution in [0, 0.1) is 5.92 Å². The van der Waals surface area contributed by atoms with Gasteiger partial charge in [-0.3, -0.25) is 4.79 Å². The predicted octanol–water partition coefficient (Wildman–Crippen LogP) is 2.19. The van der Waals surface area contributed by atoms with Crippen LogP contribution >= 0.6 is 0 Å². The lowest BCUT2D eigenvalue weighted by molar-refractivity contribution is -0.124. The highest BCUT2D eigenvalue weighted by atomic mass is 16.4. The fourth-order valence-corrected chi connectivity index (χ4v) is 2.20. The van der Waals surface area contributed by atoms with Gasteiger partial charge in [-0.1, -0.05) is 27.7 Å². The summed E-state index contributed by atoms with van der Waals surface area (Å²) in [5, 5.41) is 12.0. The number of carbonyl (C=O) groups is 2. The number of aromatic nitrogens is 1. The average Bonchev–Trinajstić information content (AvgIpc) is 2.75. The first kappa shape index (κ1) is 16.1. The third kappa shape index (κ3) is 2.61. The minimum atomic E-state index is -1.09. The zero-order chi connectivity index (χ0) is 16.7. The molecule has 0 saturated carbocycles. The number of pyridine rings is 1. The van der Waals surface area contributed by atoms with Crippen molar-refractivity contribution >= 4 is 17.7 Å². The summed E-state index contributed by atoms with van der Waals surface area (Å²) >= 11 is 0. The number of aliphatic imine (C=N–C) groups is 1. The number of rotatable bonds is 4. The van der Waals surface area contributed by atoms with Gasteiger partial charge in [-0.15, -0.1) is 0 Å². The fourth-order valence-electron chi connectivity index (χ4n) is 2.20. The smallest absolute Gasteiger partial charge is 0.338 e. The molecule has 1 aromatic rings. The Morgan fingerprint density at radius 3 is 2.36 bits per heavy atom. The molecular weight excluding hydrogens is 282 g/mol. The molecule has 2 rings (SSSR count). The summed E-state index contributed by atoms with van der Waals surface area (Å²) in [6.45, 7) is 9.50. The molecule has 22 heavy (non-hydrogen) atoms. The highest BCUT2D eigenvalue weighted by Gasteiger charge is 2.43. The first-order valence-corrected chi connectivity index (χ1v) is 7.32. The monoisotopic (exact) mass is 303 g/mol. The van der Waals surface area contributed by atoms with Crippen molar-refractivity contribution in [3.8, 4) is 0 Å². The molecular formula is C16H21N3O3. The summed E-state index contributed by atoms with van der Waals surface area (Å²) in [4.78, 5) is 32.5. The minimum Gasteiger partial charge on any atom is -0.478 e. The Hall–Kier alpha value is -2.24. The van der Waals surface area contributed by atoms with E-state index in [1.165, 1.54) is 6.07 Å². The molecule has 2 heterocycles. The van der Waals surface area contributed by atoms with E-state index in [4.69, 9.17) is 0 Å². The Labute approximate surface area is 129 Å². The molecule has 0 fully saturated rings. The van der Waals surface area contributed by atoms with E-state index >= 15 is 0 Å². The van der Waals surface area contributed by atoms with Gasteiger partial charge in [0.2, 0.25) is 0 Å². The van der Waals surface area contributed by atoms with Crippen LogP contribution in [0.25, 0.3) is 0 Å². The number of aromatic carboxylic acids is 1. The van der Waals surface area contributed by atoms with Crippen LogP contribution in [-0.2, 0) is 4.79 Å². The lowest BCUT2D eigenvalue weighted by Gasteiger charge is -2.21. The van der Waals surface area contributed by atoms with Crippen molar-refractivity contribution in [1.82, 2.24) is 10.3 Å². The van der Waals surface area contributed by atoms with Gasteiger partial charge in [0.25, 0.3) is 5.91 Å². The second kappa shape index (κ2) is 5.51. The molecule has 1 aromatic heterocycles. The summed E-state index contributed by atoms with van der Waals surface area (Å²) in [6, 6.07) is 3.20. The van der Waals surface area contributed by atoms with E-state index in [9.17, 15) is 14.7 Å². The number of amidine groups is 1. The highest BCUT2D eigenvalue weighted by molar-refractivity contribution is 6.17. The second-order valence-electron chi connectivity index (χ2n) is 6.31. The molecule has 0 saturated heterocycles. The normalized spacial score (nSPS) is 21.2. The highest BCUT2D eigenvalue weighted by Crippen LogP contribution is 2.27. The molecule has 1 aliphatic rings. The first-order chi connectivity index (χ1) is 10.2. The van der Waals surface area contributed by atoms with Crippen LogP contribution in [0.3, 0.4) is 0 Å². The van der Waals surface area contributed by atoms with Crippen LogP contribution in [-0.4, -0.2) is 33.3 Å². The number of nitrogens with one attached hydrogen (secondary N) is 1.